The minimum absolute atomic E-state index is 0.0752. The van der Waals surface area contributed by atoms with Crippen LogP contribution in [0, 0.1) is 0 Å². The Hall–Kier alpha value is -3.98. The summed E-state index contributed by atoms with van der Waals surface area (Å²) in [5.41, 5.74) is 9.93. The number of nitrogens with zero attached hydrogens (tertiary/aromatic N) is 5. The number of piperazine rings is 1. The zero-order valence-corrected chi connectivity index (χ0v) is 26.4. The summed E-state index contributed by atoms with van der Waals surface area (Å²) in [6.07, 6.45) is 5.69. The fourth-order valence-electron chi connectivity index (χ4n) is 5.39. The summed E-state index contributed by atoms with van der Waals surface area (Å²) in [6.45, 7) is 8.09. The molecule has 246 valence electrons. The summed E-state index contributed by atoms with van der Waals surface area (Å²) in [7, 11) is 1.70. The molecule has 45 heavy (non-hydrogen) atoms. The summed E-state index contributed by atoms with van der Waals surface area (Å²) < 4.78 is 13.4. The summed E-state index contributed by atoms with van der Waals surface area (Å²) in [5.74, 6) is 6.45. The van der Waals surface area contributed by atoms with Crippen LogP contribution in [0.25, 0.3) is 11.0 Å². The number of hydrogen-bond acceptors (Lipinski definition) is 11. The van der Waals surface area contributed by atoms with E-state index >= 15 is 0 Å². The number of carbonyl (C=O) groups excluding carboxylic acids is 2. The summed E-state index contributed by atoms with van der Waals surface area (Å²) in [5, 5.41) is 6.06. The van der Waals surface area contributed by atoms with Crippen LogP contribution < -0.4 is 27.0 Å². The van der Waals surface area contributed by atoms with Gasteiger partial charge in [0.1, 0.15) is 17.9 Å². The van der Waals surface area contributed by atoms with Crippen molar-refractivity contribution in [3.8, 4) is 5.75 Å². The van der Waals surface area contributed by atoms with Gasteiger partial charge in [0.15, 0.2) is 5.82 Å². The molecule has 0 unspecified atom stereocenters. The number of carbonyl (C=O) groups is 2. The summed E-state index contributed by atoms with van der Waals surface area (Å²) in [6, 6.07) is 8.32. The number of nitrogens with one attached hydrogen (secondary N) is 2. The van der Waals surface area contributed by atoms with Gasteiger partial charge in [-0.2, -0.15) is 4.98 Å². The summed E-state index contributed by atoms with van der Waals surface area (Å²) in [4.78, 5) is 41.3. The second-order valence-corrected chi connectivity index (χ2v) is 11.1. The third-order valence-corrected chi connectivity index (χ3v) is 7.77. The largest absolute Gasteiger partial charge is 0.496 e. The Labute approximate surface area is 264 Å². The Morgan fingerprint density at radius 2 is 1.84 bits per heavy atom. The predicted octanol–water partition coefficient (Wildman–Crippen LogP) is 1.73. The fourth-order valence-corrected chi connectivity index (χ4v) is 5.39. The molecule has 4 rings (SSSR count). The van der Waals surface area contributed by atoms with Crippen LogP contribution in [-0.2, 0) is 32.3 Å². The molecule has 6 N–H and O–H groups in total. The van der Waals surface area contributed by atoms with E-state index in [1.807, 2.05) is 17.2 Å². The number of methoxy groups -OCH3 is 1. The van der Waals surface area contributed by atoms with Crippen molar-refractivity contribution in [3.63, 3.8) is 0 Å². The van der Waals surface area contributed by atoms with Gasteiger partial charge in [-0.25, -0.2) is 10.9 Å². The van der Waals surface area contributed by atoms with E-state index < -0.39 is 0 Å². The van der Waals surface area contributed by atoms with Crippen LogP contribution in [0.15, 0.2) is 30.5 Å². The van der Waals surface area contributed by atoms with Crippen molar-refractivity contribution in [2.45, 2.75) is 45.7 Å². The van der Waals surface area contributed by atoms with Crippen molar-refractivity contribution in [3.05, 3.63) is 41.6 Å². The van der Waals surface area contributed by atoms with Crippen molar-refractivity contribution in [2.75, 3.05) is 77.2 Å². The van der Waals surface area contributed by atoms with Crippen molar-refractivity contribution in [2.24, 2.45) is 5.90 Å². The minimum atomic E-state index is -0.309. The first-order valence-electron chi connectivity index (χ1n) is 15.6. The second kappa shape index (κ2) is 17.5. The number of aromatic nitrogens is 3. The Bertz CT molecular complexity index is 1390. The molecule has 1 aromatic carbocycles. The highest BCUT2D eigenvalue weighted by molar-refractivity contribution is 5.87. The Kier molecular flexibility index (Phi) is 13.2. The number of amides is 2. The number of fused-ring (bicyclic) bond motifs is 1. The topological polar surface area (TPSA) is 175 Å². The monoisotopic (exact) mass is 625 g/mol. The molecule has 14 heteroatoms. The molecule has 14 nitrogen and oxygen atoms in total. The molecule has 0 atom stereocenters. The average Bonchev–Trinajstić information content (AvgIpc) is 3.44. The van der Waals surface area contributed by atoms with E-state index in [1.54, 1.807) is 7.11 Å². The van der Waals surface area contributed by atoms with Gasteiger partial charge >= 0.3 is 0 Å². The van der Waals surface area contributed by atoms with E-state index in [-0.39, 0.29) is 24.4 Å². The Balaban J connectivity index is 1.27. The lowest BCUT2D eigenvalue weighted by Gasteiger charge is -2.35. The van der Waals surface area contributed by atoms with E-state index in [4.69, 9.17) is 21.1 Å². The quantitative estimate of drug-likeness (QED) is 0.120. The molecule has 1 aliphatic rings. The first-order chi connectivity index (χ1) is 21.9. The van der Waals surface area contributed by atoms with Crippen molar-refractivity contribution in [1.82, 2.24) is 29.7 Å². The molecule has 3 heterocycles. The molecule has 1 fully saturated rings. The van der Waals surface area contributed by atoms with Crippen LogP contribution in [0.2, 0.25) is 0 Å². The number of benzene rings is 1. The fraction of sp³-hybridized carbons (Fsp3) is 0.548. The zero-order valence-electron chi connectivity index (χ0n) is 26.4. The third kappa shape index (κ3) is 10.0. The van der Waals surface area contributed by atoms with Crippen LogP contribution in [0.4, 0.5) is 11.8 Å². The van der Waals surface area contributed by atoms with Gasteiger partial charge in [0.2, 0.25) is 17.8 Å². The SMILES string of the molecule is CCCCCNc1nc(N)nc2ccn(Cc3ccc(CN4CCN(C(=O)CCOCCNC(=O)CON)CC4)cc3OC)c12. The lowest BCUT2D eigenvalue weighted by atomic mass is 10.1. The third-order valence-electron chi connectivity index (χ3n) is 7.77. The molecule has 0 aliphatic carbocycles. The van der Waals surface area contributed by atoms with Gasteiger partial charge in [0, 0.05) is 57.6 Å². The van der Waals surface area contributed by atoms with E-state index in [9.17, 15) is 9.59 Å². The highest BCUT2D eigenvalue weighted by Gasteiger charge is 2.21. The Morgan fingerprint density at radius 1 is 1.02 bits per heavy atom. The van der Waals surface area contributed by atoms with Gasteiger partial charge in [-0.05, 0) is 24.1 Å². The number of nitrogens with two attached hydrogens (primary N) is 2. The molecule has 2 aromatic heterocycles. The van der Waals surface area contributed by atoms with Gasteiger partial charge in [-0.1, -0.05) is 31.9 Å². The Morgan fingerprint density at radius 3 is 2.60 bits per heavy atom. The normalized spacial score (nSPS) is 13.7. The van der Waals surface area contributed by atoms with Gasteiger partial charge in [0.05, 0.1) is 38.8 Å². The van der Waals surface area contributed by atoms with Crippen molar-refractivity contribution < 1.29 is 23.9 Å². The lowest BCUT2D eigenvalue weighted by Crippen LogP contribution is -2.48. The minimum Gasteiger partial charge on any atom is -0.496 e. The molecule has 0 spiro atoms. The molecule has 0 radical (unpaired) electrons. The average molecular weight is 626 g/mol. The van der Waals surface area contributed by atoms with Gasteiger partial charge < -0.3 is 35.3 Å². The van der Waals surface area contributed by atoms with E-state index in [1.165, 1.54) is 0 Å². The number of rotatable bonds is 18. The standard InChI is InChI=1S/C31H47N9O5/c1-3-4-5-10-35-30-29-25(36-31(32)37-30)8-12-40(29)21-24-7-6-23(19-26(24)43-2)20-38-13-15-39(16-14-38)28(42)9-17-44-18-11-34-27(41)22-45-33/h6-8,12,19H,3-5,9-11,13-18,20-22,33H2,1-2H3,(H,34,41)(H3,32,35,36,37). The van der Waals surface area contributed by atoms with Crippen LogP contribution in [0.3, 0.4) is 0 Å². The molecule has 1 aliphatic heterocycles. The van der Waals surface area contributed by atoms with Crippen LogP contribution in [0.5, 0.6) is 5.75 Å². The highest BCUT2D eigenvalue weighted by Crippen LogP contribution is 2.27. The maximum atomic E-state index is 12.6. The lowest BCUT2D eigenvalue weighted by molar-refractivity contribution is -0.134. The number of anilines is 2. The number of ether oxygens (including phenoxy) is 2. The van der Waals surface area contributed by atoms with Crippen LogP contribution >= 0.6 is 0 Å². The van der Waals surface area contributed by atoms with E-state index in [2.05, 4.69) is 60.0 Å². The summed E-state index contributed by atoms with van der Waals surface area (Å²) >= 11 is 0. The smallest absolute Gasteiger partial charge is 0.248 e. The second-order valence-electron chi connectivity index (χ2n) is 11.1. The predicted molar refractivity (Wildman–Crippen MR) is 172 cm³/mol. The highest BCUT2D eigenvalue weighted by atomic mass is 16.6. The number of unbranched alkanes of at least 4 members (excludes halogenated alkanes) is 2. The molecular weight excluding hydrogens is 578 g/mol. The van der Waals surface area contributed by atoms with E-state index in [0.717, 1.165) is 79.2 Å². The zero-order chi connectivity index (χ0) is 32.0. The van der Waals surface area contributed by atoms with Crippen LogP contribution in [0.1, 0.15) is 43.7 Å². The molecule has 0 bridgehead atoms. The van der Waals surface area contributed by atoms with Crippen molar-refractivity contribution >= 4 is 34.6 Å². The molecule has 0 saturated carbocycles. The van der Waals surface area contributed by atoms with Gasteiger partial charge in [-0.15, -0.1) is 0 Å². The first-order valence-corrected chi connectivity index (χ1v) is 15.6. The number of nitrogen functional groups attached to an aromatic ring is 1. The molecular formula is C31H47N9O5. The first kappa shape index (κ1) is 33.9. The van der Waals surface area contributed by atoms with E-state index in [0.29, 0.717) is 45.8 Å². The number of hydrogen-bond donors (Lipinski definition) is 4. The van der Waals surface area contributed by atoms with Gasteiger partial charge in [0.25, 0.3) is 0 Å². The molecule has 2 amide bonds. The molecule has 1 saturated heterocycles. The van der Waals surface area contributed by atoms with Gasteiger partial charge in [-0.3, -0.25) is 19.3 Å². The molecule has 3 aromatic rings. The van der Waals surface area contributed by atoms with Crippen molar-refractivity contribution in [1.29, 1.82) is 0 Å². The van der Waals surface area contributed by atoms with Crippen LogP contribution in [-0.4, -0.2) is 102 Å². The maximum absolute atomic E-state index is 12.6. The maximum Gasteiger partial charge on any atom is 0.248 e.